The van der Waals surface area contributed by atoms with E-state index in [1.54, 1.807) is 0 Å². The van der Waals surface area contributed by atoms with E-state index in [0.717, 1.165) is 0 Å². The highest BCUT2D eigenvalue weighted by molar-refractivity contribution is 7.80. The molecule has 2 aliphatic heterocycles. The molecule has 1 aliphatic carbocycles. The van der Waals surface area contributed by atoms with Gasteiger partial charge in [0.05, 0.1) is 24.8 Å². The van der Waals surface area contributed by atoms with Gasteiger partial charge in [-0.3, -0.25) is 18.2 Å². The maximum Gasteiger partial charge on any atom is 0.394 e. The molecule has 246 valence electrons. The van der Waals surface area contributed by atoms with Gasteiger partial charge < -0.3 is 68.0 Å². The van der Waals surface area contributed by atoms with Crippen molar-refractivity contribution in [2.75, 3.05) is 13.2 Å². The molecule has 1 saturated carbocycles. The standard InChI is InChI=1S/C18H37N5O8.2H2O4S/c19-4-6-1-2-7(20)17(28-6)30-15-8(21)3-9(22)16(14(15)27)31-18-13(26)11(23)12(25)10(5-24)29-18;2*1-5(2,3)4/h6-18,24-27H,1-5,19-23H2;2*(H2,1,2,3,4)/t6-,7+,8-,9+,10+,11-,12+,13+,14-,15+,16-,17+,18+;;/m0../s1. The number of rotatable bonds is 6. The molecular weight excluding hydrogens is 606 g/mol. The van der Waals surface area contributed by atoms with Crippen molar-refractivity contribution in [2.24, 2.45) is 28.7 Å². The van der Waals surface area contributed by atoms with Gasteiger partial charge >= 0.3 is 20.8 Å². The lowest BCUT2D eigenvalue weighted by Crippen LogP contribution is -2.68. The monoisotopic (exact) mass is 647 g/mol. The predicted octanol–water partition coefficient (Wildman–Crippen LogP) is -6.57. The number of hydrogen-bond donors (Lipinski definition) is 13. The second-order valence-electron chi connectivity index (χ2n) is 9.54. The summed E-state index contributed by atoms with van der Waals surface area (Å²) in [6.07, 6.45) is -7.72. The van der Waals surface area contributed by atoms with E-state index in [1.165, 1.54) is 0 Å². The quantitative estimate of drug-likeness (QED) is 0.119. The molecule has 2 saturated heterocycles. The minimum absolute atomic E-state index is 0.204. The van der Waals surface area contributed by atoms with Crippen LogP contribution in [-0.2, 0) is 39.7 Å². The SMILES string of the molecule is NC[C@@H]1CC[C@@H](N)[C@@H](O[C@H]2[C@H](O)[C@@H](O[C@H]3O[C@H](CO)[C@@H](O)[C@H](N)[C@H]3O)[C@H](N)C[C@@H]2N)O1.O=S(=O)(O)O.O=S(=O)(O)O. The molecule has 0 radical (unpaired) electrons. The predicted molar refractivity (Wildman–Crippen MR) is 135 cm³/mol. The zero-order valence-electron chi connectivity index (χ0n) is 21.6. The first kappa shape index (κ1) is 38.2. The summed E-state index contributed by atoms with van der Waals surface area (Å²) in [5, 5.41) is 40.7. The number of hydrogen-bond acceptors (Lipinski definition) is 17. The summed E-state index contributed by atoms with van der Waals surface area (Å²) in [6, 6.07) is -2.85. The first-order valence-corrected chi connectivity index (χ1v) is 14.9. The first-order chi connectivity index (χ1) is 18.7. The van der Waals surface area contributed by atoms with Crippen LogP contribution >= 0.6 is 0 Å². The number of nitrogens with two attached hydrogens (primary N) is 5. The lowest BCUT2D eigenvalue weighted by molar-refractivity contribution is -0.313. The minimum Gasteiger partial charge on any atom is -0.394 e. The maximum absolute atomic E-state index is 11.0. The molecule has 3 rings (SSSR count). The Bertz CT molecular complexity index is 948. The third kappa shape index (κ3) is 13.2. The van der Waals surface area contributed by atoms with Crippen LogP contribution in [0.4, 0.5) is 0 Å². The van der Waals surface area contributed by atoms with E-state index in [9.17, 15) is 20.4 Å². The summed E-state index contributed by atoms with van der Waals surface area (Å²) >= 11 is 0. The van der Waals surface area contributed by atoms with E-state index < -0.39 is 101 Å². The summed E-state index contributed by atoms with van der Waals surface area (Å²) in [4.78, 5) is 0. The molecule has 0 aromatic rings. The van der Waals surface area contributed by atoms with Crippen molar-refractivity contribution in [1.29, 1.82) is 0 Å². The summed E-state index contributed by atoms with van der Waals surface area (Å²) < 4.78 is 86.1. The van der Waals surface area contributed by atoms with Crippen LogP contribution in [0.15, 0.2) is 0 Å². The molecule has 0 bridgehead atoms. The average molecular weight is 648 g/mol. The lowest BCUT2D eigenvalue weighted by Gasteiger charge is -2.47. The minimum atomic E-state index is -4.67. The molecule has 3 fully saturated rings. The summed E-state index contributed by atoms with van der Waals surface area (Å²) in [5.41, 5.74) is 30.0. The fourth-order valence-electron chi connectivity index (χ4n) is 4.36. The zero-order chi connectivity index (χ0) is 31.9. The van der Waals surface area contributed by atoms with Crippen molar-refractivity contribution >= 4 is 20.8 Å². The van der Waals surface area contributed by atoms with Crippen LogP contribution in [0.2, 0.25) is 0 Å². The van der Waals surface area contributed by atoms with Crippen LogP contribution in [0, 0.1) is 0 Å². The molecule has 41 heavy (non-hydrogen) atoms. The van der Waals surface area contributed by atoms with Crippen molar-refractivity contribution in [2.45, 2.75) is 98.7 Å². The highest BCUT2D eigenvalue weighted by Gasteiger charge is 2.49. The van der Waals surface area contributed by atoms with Gasteiger partial charge in [0.2, 0.25) is 0 Å². The van der Waals surface area contributed by atoms with E-state index in [4.69, 9.17) is 82.7 Å². The Kier molecular flexibility index (Phi) is 15.2. The van der Waals surface area contributed by atoms with Gasteiger partial charge in [-0.1, -0.05) is 0 Å². The van der Waals surface area contributed by atoms with Gasteiger partial charge in [-0.05, 0) is 19.3 Å². The highest BCUT2D eigenvalue weighted by atomic mass is 32.3. The Morgan fingerprint density at radius 2 is 1.17 bits per heavy atom. The highest BCUT2D eigenvalue weighted by Crippen LogP contribution is 2.30. The van der Waals surface area contributed by atoms with Crippen LogP contribution in [0.1, 0.15) is 19.3 Å². The van der Waals surface area contributed by atoms with Crippen LogP contribution in [0.3, 0.4) is 0 Å². The second-order valence-corrected chi connectivity index (χ2v) is 11.3. The van der Waals surface area contributed by atoms with E-state index in [0.29, 0.717) is 19.4 Å². The van der Waals surface area contributed by atoms with Crippen LogP contribution in [0.5, 0.6) is 0 Å². The van der Waals surface area contributed by atoms with Gasteiger partial charge in [-0.25, -0.2) is 0 Å². The lowest BCUT2D eigenvalue weighted by atomic mass is 9.84. The molecule has 0 spiro atoms. The Hall–Kier alpha value is -0.780. The summed E-state index contributed by atoms with van der Waals surface area (Å²) in [6.45, 7) is -0.214. The van der Waals surface area contributed by atoms with Gasteiger partial charge in [0, 0.05) is 18.6 Å². The molecule has 0 unspecified atom stereocenters. The number of ether oxygens (including phenoxy) is 4. The number of aliphatic hydroxyl groups is 4. The van der Waals surface area contributed by atoms with Gasteiger partial charge in [-0.2, -0.15) is 16.8 Å². The van der Waals surface area contributed by atoms with Crippen molar-refractivity contribution in [3.05, 3.63) is 0 Å². The first-order valence-electron chi connectivity index (χ1n) is 12.1. The molecule has 0 aromatic heterocycles. The van der Waals surface area contributed by atoms with Crippen LogP contribution < -0.4 is 28.7 Å². The third-order valence-electron chi connectivity index (χ3n) is 6.34. The molecule has 3 aliphatic rings. The number of aliphatic hydroxyl groups excluding tert-OH is 4. The van der Waals surface area contributed by atoms with E-state index in [2.05, 4.69) is 0 Å². The van der Waals surface area contributed by atoms with Crippen LogP contribution in [0.25, 0.3) is 0 Å². The van der Waals surface area contributed by atoms with Crippen molar-refractivity contribution in [1.82, 2.24) is 0 Å². The summed E-state index contributed by atoms with van der Waals surface area (Å²) in [7, 11) is -9.33. The van der Waals surface area contributed by atoms with Gasteiger partial charge in [0.15, 0.2) is 12.6 Å². The molecule has 18 N–H and O–H groups in total. The molecule has 13 atom stereocenters. The van der Waals surface area contributed by atoms with E-state index in [1.807, 2.05) is 0 Å². The van der Waals surface area contributed by atoms with Crippen LogP contribution in [-0.4, -0.2) is 148 Å². The maximum atomic E-state index is 11.0. The topological polar surface area (TPSA) is 397 Å². The Balaban J connectivity index is 0.000000722. The Labute approximate surface area is 236 Å². The zero-order valence-corrected chi connectivity index (χ0v) is 23.2. The van der Waals surface area contributed by atoms with Gasteiger partial charge in [-0.15, -0.1) is 0 Å². The molecule has 0 amide bonds. The Morgan fingerprint density at radius 3 is 1.61 bits per heavy atom. The van der Waals surface area contributed by atoms with E-state index in [-0.39, 0.29) is 12.5 Å². The summed E-state index contributed by atoms with van der Waals surface area (Å²) in [5.74, 6) is 0. The molecule has 2 heterocycles. The van der Waals surface area contributed by atoms with Gasteiger partial charge in [0.1, 0.15) is 36.6 Å². The average Bonchev–Trinajstić information content (AvgIpc) is 2.83. The normalized spacial score (nSPS) is 41.8. The smallest absolute Gasteiger partial charge is 0.394 e. The van der Waals surface area contributed by atoms with Crippen molar-refractivity contribution < 1.29 is 74.4 Å². The third-order valence-corrected chi connectivity index (χ3v) is 6.34. The van der Waals surface area contributed by atoms with Crippen molar-refractivity contribution in [3.8, 4) is 0 Å². The Morgan fingerprint density at radius 1 is 0.707 bits per heavy atom. The second kappa shape index (κ2) is 16.3. The van der Waals surface area contributed by atoms with Crippen molar-refractivity contribution in [3.63, 3.8) is 0 Å². The molecular formula is C18H41N5O16S2. The fourth-order valence-corrected chi connectivity index (χ4v) is 4.36. The molecule has 21 nitrogen and oxygen atoms in total. The molecule has 23 heteroatoms. The van der Waals surface area contributed by atoms with Gasteiger partial charge in [0.25, 0.3) is 0 Å². The fraction of sp³-hybridized carbons (Fsp3) is 1.00. The largest absolute Gasteiger partial charge is 0.394 e. The van der Waals surface area contributed by atoms with E-state index >= 15 is 0 Å². The molecule has 0 aromatic carbocycles.